The van der Waals surface area contributed by atoms with Crippen molar-refractivity contribution in [2.24, 2.45) is 0 Å². The first-order valence-electron chi connectivity index (χ1n) is 4.96. The van der Waals surface area contributed by atoms with Gasteiger partial charge in [0, 0.05) is 28.7 Å². The number of hydrogen-bond donors (Lipinski definition) is 1. The van der Waals surface area contributed by atoms with E-state index in [1.165, 1.54) is 6.07 Å². The van der Waals surface area contributed by atoms with E-state index in [0.29, 0.717) is 0 Å². The molecule has 2 aromatic rings. The Hall–Kier alpha value is -1.84. The van der Waals surface area contributed by atoms with E-state index in [9.17, 15) is 10.1 Å². The molecule has 0 fully saturated rings. The maximum atomic E-state index is 10.6. The zero-order chi connectivity index (χ0) is 10.8. The van der Waals surface area contributed by atoms with Crippen LogP contribution in [-0.2, 0) is 6.42 Å². The molecule has 0 unspecified atom stereocenters. The van der Waals surface area contributed by atoms with Gasteiger partial charge in [0.05, 0.1) is 4.92 Å². The molecule has 0 saturated heterocycles. The topological polar surface area (TPSA) is 58.9 Å². The average Bonchev–Trinajstić information content (AvgIpc) is 2.59. The molecule has 0 radical (unpaired) electrons. The lowest BCUT2D eigenvalue weighted by Crippen LogP contribution is -1.86. The van der Waals surface area contributed by atoms with Crippen molar-refractivity contribution >= 4 is 16.6 Å². The van der Waals surface area contributed by atoms with E-state index in [4.69, 9.17) is 0 Å². The molecule has 78 valence electrons. The van der Waals surface area contributed by atoms with Crippen molar-refractivity contribution in [2.45, 2.75) is 19.8 Å². The van der Waals surface area contributed by atoms with Gasteiger partial charge in [0.2, 0.25) is 0 Å². The van der Waals surface area contributed by atoms with Gasteiger partial charge >= 0.3 is 0 Å². The molecule has 2 rings (SSSR count). The number of non-ortho nitro benzene ring substituents is 1. The Morgan fingerprint density at radius 3 is 2.87 bits per heavy atom. The van der Waals surface area contributed by atoms with E-state index in [1.807, 2.05) is 6.07 Å². The van der Waals surface area contributed by atoms with Crippen molar-refractivity contribution in [3.63, 3.8) is 0 Å². The SMILES string of the molecule is CCCc1cc2cc([N+](=O)[O-])ccc2[nH]1. The molecule has 0 aliphatic rings. The van der Waals surface area contributed by atoms with Crippen LogP contribution in [0.4, 0.5) is 5.69 Å². The molecule has 1 N–H and O–H groups in total. The number of nitro groups is 1. The average molecular weight is 204 g/mol. The summed E-state index contributed by atoms with van der Waals surface area (Å²) in [4.78, 5) is 13.4. The molecule has 0 bridgehead atoms. The van der Waals surface area contributed by atoms with E-state index in [1.54, 1.807) is 12.1 Å². The van der Waals surface area contributed by atoms with Gasteiger partial charge in [-0.15, -0.1) is 0 Å². The number of nitrogens with zero attached hydrogens (tertiary/aromatic N) is 1. The zero-order valence-corrected chi connectivity index (χ0v) is 8.49. The van der Waals surface area contributed by atoms with Crippen molar-refractivity contribution in [1.82, 2.24) is 4.98 Å². The predicted octanol–water partition coefficient (Wildman–Crippen LogP) is 3.03. The summed E-state index contributed by atoms with van der Waals surface area (Å²) in [5.74, 6) is 0. The Morgan fingerprint density at radius 2 is 2.20 bits per heavy atom. The minimum atomic E-state index is -0.369. The van der Waals surface area contributed by atoms with E-state index in [0.717, 1.165) is 29.4 Å². The Kier molecular flexibility index (Phi) is 2.41. The molecular formula is C11H12N2O2. The maximum Gasteiger partial charge on any atom is 0.270 e. The molecule has 0 atom stereocenters. The van der Waals surface area contributed by atoms with Crippen LogP contribution in [0.15, 0.2) is 24.3 Å². The summed E-state index contributed by atoms with van der Waals surface area (Å²) < 4.78 is 0. The Labute approximate surface area is 87.1 Å². The van der Waals surface area contributed by atoms with E-state index in [2.05, 4.69) is 11.9 Å². The number of H-pyrrole nitrogens is 1. The molecule has 0 spiro atoms. The molecule has 0 aliphatic heterocycles. The van der Waals surface area contributed by atoms with Gasteiger partial charge in [0.25, 0.3) is 5.69 Å². The van der Waals surface area contributed by atoms with Gasteiger partial charge in [0.15, 0.2) is 0 Å². The van der Waals surface area contributed by atoms with Gasteiger partial charge in [-0.3, -0.25) is 10.1 Å². The van der Waals surface area contributed by atoms with Gasteiger partial charge in [-0.1, -0.05) is 13.3 Å². The van der Waals surface area contributed by atoms with Crippen LogP contribution in [0.3, 0.4) is 0 Å². The van der Waals surface area contributed by atoms with Crippen LogP contribution in [0.5, 0.6) is 0 Å². The number of fused-ring (bicyclic) bond motifs is 1. The number of rotatable bonds is 3. The minimum absolute atomic E-state index is 0.143. The number of nitrogens with one attached hydrogen (secondary N) is 1. The van der Waals surface area contributed by atoms with Crippen LogP contribution in [0.25, 0.3) is 10.9 Å². The summed E-state index contributed by atoms with van der Waals surface area (Å²) in [5.41, 5.74) is 2.24. The van der Waals surface area contributed by atoms with Gasteiger partial charge in [-0.25, -0.2) is 0 Å². The lowest BCUT2D eigenvalue weighted by molar-refractivity contribution is -0.384. The largest absolute Gasteiger partial charge is 0.358 e. The molecule has 4 heteroatoms. The normalized spacial score (nSPS) is 10.7. The minimum Gasteiger partial charge on any atom is -0.358 e. The van der Waals surface area contributed by atoms with Crippen molar-refractivity contribution in [2.75, 3.05) is 0 Å². The Bertz CT molecular complexity index is 502. The smallest absolute Gasteiger partial charge is 0.270 e. The van der Waals surface area contributed by atoms with E-state index in [-0.39, 0.29) is 10.6 Å². The third-order valence-electron chi connectivity index (χ3n) is 2.39. The second-order valence-corrected chi connectivity index (χ2v) is 3.57. The first-order chi connectivity index (χ1) is 7.20. The summed E-state index contributed by atoms with van der Waals surface area (Å²) in [6.45, 7) is 2.11. The van der Waals surface area contributed by atoms with Gasteiger partial charge in [0.1, 0.15) is 0 Å². The number of aromatic nitrogens is 1. The molecule has 15 heavy (non-hydrogen) atoms. The van der Waals surface area contributed by atoms with Gasteiger partial charge in [-0.2, -0.15) is 0 Å². The standard InChI is InChI=1S/C11H12N2O2/c1-2-3-9-6-8-7-10(13(14)15)4-5-11(8)12-9/h4-7,12H,2-3H2,1H3. The number of aryl methyl sites for hydroxylation is 1. The Morgan fingerprint density at radius 1 is 1.40 bits per heavy atom. The lowest BCUT2D eigenvalue weighted by Gasteiger charge is -1.90. The highest BCUT2D eigenvalue weighted by Crippen LogP contribution is 2.21. The van der Waals surface area contributed by atoms with Crippen LogP contribution in [0.1, 0.15) is 19.0 Å². The van der Waals surface area contributed by atoms with E-state index < -0.39 is 0 Å². The molecule has 0 amide bonds. The molecule has 0 saturated carbocycles. The van der Waals surface area contributed by atoms with Gasteiger partial charge < -0.3 is 4.98 Å². The fourth-order valence-corrected chi connectivity index (χ4v) is 1.70. The summed E-state index contributed by atoms with van der Waals surface area (Å²) in [7, 11) is 0. The second-order valence-electron chi connectivity index (χ2n) is 3.57. The fourth-order valence-electron chi connectivity index (χ4n) is 1.70. The number of nitro benzene ring substituents is 1. The highest BCUT2D eigenvalue weighted by atomic mass is 16.6. The molecular weight excluding hydrogens is 192 g/mol. The quantitative estimate of drug-likeness (QED) is 0.617. The van der Waals surface area contributed by atoms with Crippen molar-refractivity contribution in [1.29, 1.82) is 0 Å². The van der Waals surface area contributed by atoms with Crippen LogP contribution < -0.4 is 0 Å². The second kappa shape index (κ2) is 3.73. The third-order valence-corrected chi connectivity index (χ3v) is 2.39. The highest BCUT2D eigenvalue weighted by molar-refractivity contribution is 5.82. The Balaban J connectivity index is 2.47. The lowest BCUT2D eigenvalue weighted by atomic mass is 10.2. The monoisotopic (exact) mass is 204 g/mol. The molecule has 0 aliphatic carbocycles. The van der Waals surface area contributed by atoms with Gasteiger partial charge in [-0.05, 0) is 18.6 Å². The molecule has 1 aromatic carbocycles. The summed E-state index contributed by atoms with van der Waals surface area (Å²) in [5, 5.41) is 11.5. The van der Waals surface area contributed by atoms with Crippen LogP contribution in [0, 0.1) is 10.1 Å². The van der Waals surface area contributed by atoms with Crippen molar-refractivity contribution in [3.05, 3.63) is 40.1 Å². The summed E-state index contributed by atoms with van der Waals surface area (Å²) in [6, 6.07) is 6.86. The van der Waals surface area contributed by atoms with Crippen LogP contribution >= 0.6 is 0 Å². The molecule has 4 nitrogen and oxygen atoms in total. The molecule has 1 heterocycles. The fraction of sp³-hybridized carbons (Fsp3) is 0.273. The highest BCUT2D eigenvalue weighted by Gasteiger charge is 2.07. The van der Waals surface area contributed by atoms with Crippen LogP contribution in [-0.4, -0.2) is 9.91 Å². The third kappa shape index (κ3) is 1.83. The van der Waals surface area contributed by atoms with Crippen molar-refractivity contribution < 1.29 is 4.92 Å². The number of aromatic amines is 1. The number of hydrogen-bond acceptors (Lipinski definition) is 2. The molecule has 1 aromatic heterocycles. The first kappa shape index (κ1) is 9.71. The predicted molar refractivity (Wildman–Crippen MR) is 58.9 cm³/mol. The summed E-state index contributed by atoms with van der Waals surface area (Å²) in [6.07, 6.45) is 2.04. The number of benzene rings is 1. The van der Waals surface area contributed by atoms with E-state index >= 15 is 0 Å². The zero-order valence-electron chi connectivity index (χ0n) is 8.49. The maximum absolute atomic E-state index is 10.6. The summed E-state index contributed by atoms with van der Waals surface area (Å²) >= 11 is 0. The van der Waals surface area contributed by atoms with Crippen LogP contribution in [0.2, 0.25) is 0 Å². The van der Waals surface area contributed by atoms with Crippen molar-refractivity contribution in [3.8, 4) is 0 Å². The first-order valence-corrected chi connectivity index (χ1v) is 4.96.